The van der Waals surface area contributed by atoms with Crippen LogP contribution in [0.1, 0.15) is 61.7 Å². The molecule has 0 spiro atoms. The number of nitrogens with one attached hydrogen (secondary N) is 1. The molecule has 1 N–H and O–H groups in total. The minimum atomic E-state index is -0.325. The third-order valence-corrected chi connectivity index (χ3v) is 6.90. The first-order chi connectivity index (χ1) is 16.5. The van der Waals surface area contributed by atoms with E-state index in [2.05, 4.69) is 37.2 Å². The average Bonchev–Trinajstić information content (AvgIpc) is 2.83. The third-order valence-electron chi connectivity index (χ3n) is 5.85. The fourth-order valence-corrected chi connectivity index (χ4v) is 4.66. The van der Waals surface area contributed by atoms with Crippen molar-refractivity contribution in [3.63, 3.8) is 0 Å². The summed E-state index contributed by atoms with van der Waals surface area (Å²) >= 11 is 6.92. The lowest BCUT2D eigenvalue weighted by Gasteiger charge is -2.11. The monoisotopic (exact) mass is 590 g/mol. The highest BCUT2D eigenvalue weighted by Gasteiger charge is 2.12. The zero-order chi connectivity index (χ0) is 24.3. The maximum Gasteiger partial charge on any atom is 0.274 e. The summed E-state index contributed by atoms with van der Waals surface area (Å²) in [5.41, 5.74) is 1.28. The summed E-state index contributed by atoms with van der Waals surface area (Å²) in [7, 11) is 1.70. The number of nitrogens with zero attached hydrogens (tertiary/aromatic N) is 1. The zero-order valence-corrected chi connectivity index (χ0v) is 22.8. The van der Waals surface area contributed by atoms with E-state index < -0.39 is 0 Å². The number of alkyl halides is 1. The van der Waals surface area contributed by atoms with Crippen LogP contribution in [0.25, 0.3) is 10.9 Å². The van der Waals surface area contributed by atoms with Gasteiger partial charge in [-0.1, -0.05) is 70.4 Å². The number of amides is 1. The molecule has 3 aromatic rings. The molecule has 1 aromatic heterocycles. The molecule has 0 aliphatic carbocycles. The minimum Gasteiger partial charge on any atom is -0.494 e. The number of aromatic nitrogens is 1. The second-order valence-corrected chi connectivity index (χ2v) is 10.2. The zero-order valence-electron chi connectivity index (χ0n) is 19.6. The van der Waals surface area contributed by atoms with Crippen molar-refractivity contribution in [1.82, 2.24) is 4.57 Å². The van der Waals surface area contributed by atoms with Crippen molar-refractivity contribution in [3.05, 3.63) is 68.9 Å². The third kappa shape index (κ3) is 7.70. The van der Waals surface area contributed by atoms with Crippen molar-refractivity contribution in [1.29, 1.82) is 0 Å². The summed E-state index contributed by atoms with van der Waals surface area (Å²) < 4.78 is 8.27. The molecule has 0 aliphatic heterocycles. The molecule has 0 radical (unpaired) electrons. The van der Waals surface area contributed by atoms with Crippen molar-refractivity contribution in [3.8, 4) is 5.75 Å². The normalized spacial score (nSPS) is 11.0. The largest absolute Gasteiger partial charge is 0.494 e. The van der Waals surface area contributed by atoms with Crippen LogP contribution in [-0.4, -0.2) is 22.4 Å². The Bertz CT molecular complexity index is 1140. The van der Waals surface area contributed by atoms with Gasteiger partial charge in [-0.15, -0.1) is 0 Å². The van der Waals surface area contributed by atoms with E-state index in [1.54, 1.807) is 41.9 Å². The number of carbonyl (C=O) groups excluding carboxylic acids is 1. The Labute approximate surface area is 218 Å². The standard InChI is InChI=1S/C27H32Br2N2O3/c1-31-25-15-12-22(29)18-21(25)19-24(27(31)33)30-26(32)20-10-13-23(14-11-20)34-17-9-7-5-3-2-4-6-8-16-28/h10-15,18-19H,2-9,16-17H2,1H3,(H,30,32). The number of hydrogen-bond donors (Lipinski definition) is 1. The smallest absolute Gasteiger partial charge is 0.274 e. The van der Waals surface area contributed by atoms with Crippen molar-refractivity contribution in [2.45, 2.75) is 51.4 Å². The van der Waals surface area contributed by atoms with Gasteiger partial charge in [0, 0.05) is 27.8 Å². The van der Waals surface area contributed by atoms with Crippen molar-refractivity contribution in [2.75, 3.05) is 17.3 Å². The number of fused-ring (bicyclic) bond motifs is 1. The number of ether oxygens (including phenoxy) is 1. The molecule has 182 valence electrons. The molecule has 0 atom stereocenters. The SMILES string of the molecule is Cn1c(=O)c(NC(=O)c2ccc(OCCCCCCCCCCBr)cc2)cc2cc(Br)ccc21. The van der Waals surface area contributed by atoms with Crippen LogP contribution in [0.2, 0.25) is 0 Å². The Morgan fingerprint density at radius 3 is 2.24 bits per heavy atom. The van der Waals surface area contributed by atoms with E-state index in [4.69, 9.17) is 4.74 Å². The Balaban J connectivity index is 1.46. The summed E-state index contributed by atoms with van der Waals surface area (Å²) in [4.78, 5) is 25.4. The predicted molar refractivity (Wildman–Crippen MR) is 148 cm³/mol. The van der Waals surface area contributed by atoms with Gasteiger partial charge in [-0.05, 0) is 61.4 Å². The molecule has 34 heavy (non-hydrogen) atoms. The Hall–Kier alpha value is -2.12. The van der Waals surface area contributed by atoms with Gasteiger partial charge in [0.1, 0.15) is 11.4 Å². The molecule has 5 nitrogen and oxygen atoms in total. The lowest BCUT2D eigenvalue weighted by molar-refractivity contribution is 0.102. The van der Waals surface area contributed by atoms with E-state index in [0.717, 1.165) is 32.9 Å². The van der Waals surface area contributed by atoms with Crippen LogP contribution >= 0.6 is 31.9 Å². The van der Waals surface area contributed by atoms with E-state index in [0.29, 0.717) is 12.2 Å². The van der Waals surface area contributed by atoms with Crippen LogP contribution in [-0.2, 0) is 7.05 Å². The molecule has 0 aliphatic rings. The number of rotatable bonds is 13. The molecule has 3 rings (SSSR count). The number of aryl methyl sites for hydroxylation is 1. The Morgan fingerprint density at radius 1 is 0.912 bits per heavy atom. The fraction of sp³-hybridized carbons (Fsp3) is 0.407. The topological polar surface area (TPSA) is 60.3 Å². The average molecular weight is 592 g/mol. The van der Waals surface area contributed by atoms with Crippen LogP contribution < -0.4 is 15.6 Å². The van der Waals surface area contributed by atoms with Crippen molar-refractivity contribution >= 4 is 54.4 Å². The van der Waals surface area contributed by atoms with Crippen LogP contribution in [0.5, 0.6) is 5.75 Å². The van der Waals surface area contributed by atoms with E-state index in [9.17, 15) is 9.59 Å². The number of benzene rings is 2. The van der Waals surface area contributed by atoms with Gasteiger partial charge in [-0.3, -0.25) is 9.59 Å². The molecule has 1 heterocycles. The number of carbonyl (C=O) groups is 1. The van der Waals surface area contributed by atoms with Crippen LogP contribution in [0, 0.1) is 0 Å². The summed E-state index contributed by atoms with van der Waals surface area (Å²) in [6.07, 6.45) is 10.00. The second-order valence-electron chi connectivity index (χ2n) is 8.47. The van der Waals surface area contributed by atoms with Gasteiger partial charge < -0.3 is 14.6 Å². The highest BCUT2D eigenvalue weighted by Crippen LogP contribution is 2.21. The number of halogens is 2. The molecular weight excluding hydrogens is 560 g/mol. The van der Waals surface area contributed by atoms with Gasteiger partial charge in [0.25, 0.3) is 11.5 Å². The summed E-state index contributed by atoms with van der Waals surface area (Å²) in [5.74, 6) is 0.423. The van der Waals surface area contributed by atoms with Gasteiger partial charge in [-0.2, -0.15) is 0 Å². The van der Waals surface area contributed by atoms with Crippen LogP contribution in [0.4, 0.5) is 5.69 Å². The van der Waals surface area contributed by atoms with Gasteiger partial charge >= 0.3 is 0 Å². The predicted octanol–water partition coefficient (Wildman–Crippen LogP) is 7.45. The van der Waals surface area contributed by atoms with Gasteiger partial charge in [0.15, 0.2) is 0 Å². The van der Waals surface area contributed by atoms with Crippen molar-refractivity contribution < 1.29 is 9.53 Å². The molecule has 0 saturated carbocycles. The van der Waals surface area contributed by atoms with Crippen LogP contribution in [0.3, 0.4) is 0 Å². The Kier molecular flexibility index (Phi) is 10.7. The molecule has 0 unspecified atom stereocenters. The summed E-state index contributed by atoms with van der Waals surface area (Å²) in [5, 5.41) is 4.73. The summed E-state index contributed by atoms with van der Waals surface area (Å²) in [6, 6.07) is 14.4. The maximum absolute atomic E-state index is 12.7. The van der Waals surface area contributed by atoms with E-state index in [1.807, 2.05) is 18.2 Å². The molecule has 0 fully saturated rings. The first kappa shape index (κ1) is 26.5. The molecule has 2 aromatic carbocycles. The van der Waals surface area contributed by atoms with E-state index in [1.165, 1.54) is 44.9 Å². The maximum atomic E-state index is 12.7. The molecule has 7 heteroatoms. The van der Waals surface area contributed by atoms with Gasteiger partial charge in [0.05, 0.1) is 12.1 Å². The van der Waals surface area contributed by atoms with Crippen LogP contribution in [0.15, 0.2) is 57.8 Å². The number of pyridine rings is 1. The van der Waals surface area contributed by atoms with Gasteiger partial charge in [-0.25, -0.2) is 0 Å². The highest BCUT2D eigenvalue weighted by atomic mass is 79.9. The first-order valence-electron chi connectivity index (χ1n) is 11.9. The summed E-state index contributed by atoms with van der Waals surface area (Å²) in [6.45, 7) is 0.678. The lowest BCUT2D eigenvalue weighted by Crippen LogP contribution is -2.24. The fourth-order valence-electron chi connectivity index (χ4n) is 3.89. The van der Waals surface area contributed by atoms with Crippen molar-refractivity contribution in [2.24, 2.45) is 7.05 Å². The molecule has 1 amide bonds. The first-order valence-corrected chi connectivity index (χ1v) is 13.8. The van der Waals surface area contributed by atoms with Gasteiger partial charge in [0.2, 0.25) is 0 Å². The second kappa shape index (κ2) is 13.7. The molecule has 0 bridgehead atoms. The number of unbranched alkanes of at least 4 members (excludes halogenated alkanes) is 7. The highest BCUT2D eigenvalue weighted by molar-refractivity contribution is 9.10. The quantitative estimate of drug-likeness (QED) is 0.166. The molecule has 0 saturated heterocycles. The Morgan fingerprint density at radius 2 is 1.56 bits per heavy atom. The minimum absolute atomic E-state index is 0.248. The van der Waals surface area contributed by atoms with E-state index in [-0.39, 0.29) is 17.2 Å². The number of anilines is 1. The lowest BCUT2D eigenvalue weighted by atomic mass is 10.1. The molecular formula is C27H32Br2N2O3. The number of hydrogen-bond acceptors (Lipinski definition) is 3. The van der Waals surface area contributed by atoms with E-state index >= 15 is 0 Å².